The maximum atomic E-state index is 12.1. The number of hydrazone groups is 1. The van der Waals surface area contributed by atoms with Gasteiger partial charge in [-0.05, 0) is 42.8 Å². The number of benzene rings is 2. The van der Waals surface area contributed by atoms with Crippen molar-refractivity contribution in [1.82, 2.24) is 5.43 Å². The van der Waals surface area contributed by atoms with E-state index in [4.69, 9.17) is 27.5 Å². The fourth-order valence-corrected chi connectivity index (χ4v) is 2.73. The summed E-state index contributed by atoms with van der Waals surface area (Å²) in [6, 6.07) is 7.78. The molecule has 6 nitrogen and oxygen atoms in total. The lowest BCUT2D eigenvalue weighted by atomic mass is 10.2. The second-order valence-electron chi connectivity index (χ2n) is 5.12. The van der Waals surface area contributed by atoms with E-state index in [9.17, 15) is 9.90 Å². The molecule has 8 heteroatoms. The van der Waals surface area contributed by atoms with Crippen molar-refractivity contribution >= 4 is 39.7 Å². The van der Waals surface area contributed by atoms with Gasteiger partial charge in [0.05, 0.1) is 23.4 Å². The van der Waals surface area contributed by atoms with Gasteiger partial charge in [-0.15, -0.1) is 6.42 Å². The van der Waals surface area contributed by atoms with Crippen LogP contribution in [0.5, 0.6) is 17.2 Å². The highest BCUT2D eigenvalue weighted by molar-refractivity contribution is 9.10. The third kappa shape index (κ3) is 5.64. The lowest BCUT2D eigenvalue weighted by Gasteiger charge is -2.12. The molecule has 0 aliphatic carbocycles. The molecule has 0 aliphatic rings. The number of hydrogen-bond acceptors (Lipinski definition) is 5. The maximum Gasteiger partial charge on any atom is 0.275 e. The zero-order chi connectivity index (χ0) is 19.8. The quantitative estimate of drug-likeness (QED) is 0.379. The van der Waals surface area contributed by atoms with Crippen molar-refractivity contribution in [2.75, 3.05) is 13.2 Å². The molecule has 0 bridgehead atoms. The third-order valence-corrected chi connectivity index (χ3v) is 3.99. The fraction of sp³-hybridized carbons (Fsp3) is 0.158. The summed E-state index contributed by atoms with van der Waals surface area (Å²) in [7, 11) is 0. The molecular formula is C19H16BrClN2O4. The number of carbonyl (C=O) groups excluding carboxylic acids is 1. The average molecular weight is 452 g/mol. The molecule has 2 aromatic carbocycles. The molecule has 0 unspecified atom stereocenters. The zero-order valence-corrected chi connectivity index (χ0v) is 16.7. The number of terminal acetylenes is 1. The molecule has 0 saturated heterocycles. The van der Waals surface area contributed by atoms with Crippen LogP contribution in [-0.4, -0.2) is 30.4 Å². The van der Waals surface area contributed by atoms with E-state index in [1.807, 2.05) is 6.92 Å². The Labute approximate surface area is 170 Å². The molecule has 0 radical (unpaired) electrons. The standard InChI is InChI=1S/C19H16BrClN2O4/c1-3-7-27-18-15(21)8-12(9-17(18)26-4-2)11-22-23-19(25)14-10-13(20)5-6-16(14)24/h1,5-6,8-11,24H,4,7H2,2H3,(H,23,25)/b22-11-. The molecule has 140 valence electrons. The Morgan fingerprint density at radius 2 is 2.19 bits per heavy atom. The van der Waals surface area contributed by atoms with Gasteiger partial charge in [-0.25, -0.2) is 5.43 Å². The predicted octanol–water partition coefficient (Wildman–Crippen LogP) is 3.98. The molecule has 0 aromatic heterocycles. The first-order chi connectivity index (χ1) is 13.0. The highest BCUT2D eigenvalue weighted by atomic mass is 79.9. The summed E-state index contributed by atoms with van der Waals surface area (Å²) in [5.41, 5.74) is 3.01. The van der Waals surface area contributed by atoms with E-state index in [-0.39, 0.29) is 17.9 Å². The summed E-state index contributed by atoms with van der Waals surface area (Å²) in [6.45, 7) is 2.28. The molecular weight excluding hydrogens is 436 g/mol. The molecule has 2 rings (SSSR count). The molecule has 0 fully saturated rings. The highest BCUT2D eigenvalue weighted by Gasteiger charge is 2.13. The SMILES string of the molecule is C#CCOc1c(Cl)cc(/C=N\NC(=O)c2cc(Br)ccc2O)cc1OCC. The number of nitrogens with one attached hydrogen (secondary N) is 1. The van der Waals surface area contributed by atoms with Gasteiger partial charge in [-0.1, -0.05) is 33.5 Å². The van der Waals surface area contributed by atoms with Crippen molar-refractivity contribution in [2.24, 2.45) is 5.10 Å². The number of nitrogens with zero attached hydrogens (tertiary/aromatic N) is 1. The number of carbonyl (C=O) groups is 1. The van der Waals surface area contributed by atoms with Gasteiger partial charge in [-0.3, -0.25) is 4.79 Å². The Morgan fingerprint density at radius 3 is 2.89 bits per heavy atom. The number of amides is 1. The van der Waals surface area contributed by atoms with E-state index >= 15 is 0 Å². The Balaban J connectivity index is 2.17. The minimum absolute atomic E-state index is 0.0550. The molecule has 0 saturated carbocycles. The van der Waals surface area contributed by atoms with Crippen molar-refractivity contribution in [2.45, 2.75) is 6.92 Å². The predicted molar refractivity (Wildman–Crippen MR) is 108 cm³/mol. The van der Waals surface area contributed by atoms with Gasteiger partial charge in [0.25, 0.3) is 5.91 Å². The van der Waals surface area contributed by atoms with Crippen LogP contribution in [0.15, 0.2) is 39.9 Å². The first kappa shape index (κ1) is 20.6. The highest BCUT2D eigenvalue weighted by Crippen LogP contribution is 2.36. The second kappa shape index (κ2) is 9.86. The zero-order valence-electron chi connectivity index (χ0n) is 14.3. The average Bonchev–Trinajstić information content (AvgIpc) is 2.63. The van der Waals surface area contributed by atoms with Gasteiger partial charge in [0.2, 0.25) is 0 Å². The van der Waals surface area contributed by atoms with E-state index < -0.39 is 5.91 Å². The van der Waals surface area contributed by atoms with Crippen LogP contribution >= 0.6 is 27.5 Å². The monoisotopic (exact) mass is 450 g/mol. The number of halogens is 2. The first-order valence-electron chi connectivity index (χ1n) is 7.80. The number of phenols is 1. The summed E-state index contributed by atoms with van der Waals surface area (Å²) in [5.74, 6) is 2.41. The lowest BCUT2D eigenvalue weighted by molar-refractivity contribution is 0.0952. The molecule has 0 heterocycles. The number of ether oxygens (including phenoxy) is 2. The smallest absolute Gasteiger partial charge is 0.275 e. The Morgan fingerprint density at radius 1 is 1.41 bits per heavy atom. The maximum absolute atomic E-state index is 12.1. The number of rotatable bonds is 7. The van der Waals surface area contributed by atoms with Crippen molar-refractivity contribution in [3.63, 3.8) is 0 Å². The van der Waals surface area contributed by atoms with Crippen molar-refractivity contribution < 1.29 is 19.4 Å². The molecule has 2 N–H and O–H groups in total. The summed E-state index contributed by atoms with van der Waals surface area (Å²) < 4.78 is 11.6. The molecule has 1 amide bonds. The number of phenolic OH excluding ortho intramolecular Hbond substituents is 1. The minimum Gasteiger partial charge on any atom is -0.507 e. The molecule has 0 aliphatic heterocycles. The number of hydrogen-bond donors (Lipinski definition) is 2. The third-order valence-electron chi connectivity index (χ3n) is 3.21. The summed E-state index contributed by atoms with van der Waals surface area (Å²) in [6.07, 6.45) is 6.60. The summed E-state index contributed by atoms with van der Waals surface area (Å²) in [4.78, 5) is 12.1. The van der Waals surface area contributed by atoms with Gasteiger partial charge in [0.15, 0.2) is 11.5 Å². The van der Waals surface area contributed by atoms with Gasteiger partial charge in [-0.2, -0.15) is 5.10 Å². The van der Waals surface area contributed by atoms with Crippen LogP contribution in [0, 0.1) is 12.3 Å². The van der Waals surface area contributed by atoms with Crippen LogP contribution in [-0.2, 0) is 0 Å². The fourth-order valence-electron chi connectivity index (χ4n) is 2.10. The van der Waals surface area contributed by atoms with Crippen LogP contribution in [0.4, 0.5) is 0 Å². The van der Waals surface area contributed by atoms with Crippen molar-refractivity contribution in [3.05, 3.63) is 51.0 Å². The van der Waals surface area contributed by atoms with Gasteiger partial charge < -0.3 is 14.6 Å². The normalized spacial score (nSPS) is 10.4. The van der Waals surface area contributed by atoms with Crippen LogP contribution in [0.25, 0.3) is 0 Å². The van der Waals surface area contributed by atoms with Crippen molar-refractivity contribution in [3.8, 4) is 29.6 Å². The van der Waals surface area contributed by atoms with Gasteiger partial charge in [0.1, 0.15) is 12.4 Å². The van der Waals surface area contributed by atoms with E-state index in [1.165, 1.54) is 18.3 Å². The molecule has 2 aromatic rings. The Kier molecular flexibility index (Phi) is 7.53. The van der Waals surface area contributed by atoms with Crippen LogP contribution in [0.3, 0.4) is 0 Å². The summed E-state index contributed by atoms with van der Waals surface area (Å²) in [5, 5.41) is 13.9. The van der Waals surface area contributed by atoms with Gasteiger partial charge >= 0.3 is 0 Å². The Bertz CT molecular complexity index is 909. The summed E-state index contributed by atoms with van der Waals surface area (Å²) >= 11 is 9.46. The minimum atomic E-state index is -0.560. The largest absolute Gasteiger partial charge is 0.507 e. The van der Waals surface area contributed by atoms with E-state index in [2.05, 4.69) is 32.4 Å². The Hall–Kier alpha value is -2.69. The van der Waals surface area contributed by atoms with Crippen molar-refractivity contribution in [1.29, 1.82) is 0 Å². The number of aromatic hydroxyl groups is 1. The van der Waals surface area contributed by atoms with Gasteiger partial charge in [0, 0.05) is 4.47 Å². The second-order valence-corrected chi connectivity index (χ2v) is 6.44. The van der Waals surface area contributed by atoms with E-state index in [0.29, 0.717) is 33.2 Å². The van der Waals surface area contributed by atoms with Crippen LogP contribution in [0.2, 0.25) is 5.02 Å². The lowest BCUT2D eigenvalue weighted by Crippen LogP contribution is -2.17. The van der Waals surface area contributed by atoms with Crippen LogP contribution < -0.4 is 14.9 Å². The molecule has 27 heavy (non-hydrogen) atoms. The van der Waals surface area contributed by atoms with E-state index in [1.54, 1.807) is 18.2 Å². The molecule has 0 atom stereocenters. The first-order valence-corrected chi connectivity index (χ1v) is 8.97. The topological polar surface area (TPSA) is 80.2 Å². The molecule has 0 spiro atoms. The van der Waals surface area contributed by atoms with E-state index in [0.717, 1.165) is 0 Å². The van der Waals surface area contributed by atoms with Crippen LogP contribution in [0.1, 0.15) is 22.8 Å².